The van der Waals surface area contributed by atoms with E-state index in [0.717, 1.165) is 10.4 Å². The monoisotopic (exact) mass is 332 g/mol. The Bertz CT molecular complexity index is 685. The quantitative estimate of drug-likeness (QED) is 0.915. The number of carbonyl (C=O) groups excluding carboxylic acids is 2. The Kier molecular flexibility index (Phi) is 4.71. The van der Waals surface area contributed by atoms with E-state index in [-0.39, 0.29) is 17.6 Å². The summed E-state index contributed by atoms with van der Waals surface area (Å²) in [6, 6.07) is 9.48. The summed E-state index contributed by atoms with van der Waals surface area (Å²) < 4.78 is 12.9. The van der Waals surface area contributed by atoms with Gasteiger partial charge in [0, 0.05) is 17.8 Å². The van der Waals surface area contributed by atoms with Crippen molar-refractivity contribution in [2.24, 2.45) is 0 Å². The standard InChI is InChI=1S/C17H17FN2O2S/c18-13-5-3-12(4-6-13)10-19-17(22)15-7-8-16(21)20(15)11-14-2-1-9-23-14/h1-6,9,15H,7-8,10-11H2,(H,19,22). The molecule has 0 radical (unpaired) electrons. The maximum Gasteiger partial charge on any atom is 0.243 e. The van der Waals surface area contributed by atoms with Gasteiger partial charge in [-0.1, -0.05) is 18.2 Å². The average molecular weight is 332 g/mol. The van der Waals surface area contributed by atoms with Crippen LogP contribution >= 0.6 is 11.3 Å². The van der Waals surface area contributed by atoms with Crippen molar-refractivity contribution in [3.8, 4) is 0 Å². The van der Waals surface area contributed by atoms with Crippen LogP contribution in [0.1, 0.15) is 23.3 Å². The molecule has 0 aliphatic carbocycles. The lowest BCUT2D eigenvalue weighted by Crippen LogP contribution is -2.43. The summed E-state index contributed by atoms with van der Waals surface area (Å²) in [7, 11) is 0. The third-order valence-corrected chi connectivity index (χ3v) is 4.78. The number of nitrogens with one attached hydrogen (secondary N) is 1. The molecule has 120 valence electrons. The smallest absolute Gasteiger partial charge is 0.243 e. The summed E-state index contributed by atoms with van der Waals surface area (Å²) in [6.07, 6.45) is 0.944. The molecular formula is C17H17FN2O2S. The van der Waals surface area contributed by atoms with Crippen LogP contribution in [-0.2, 0) is 22.7 Å². The molecule has 1 atom stereocenters. The minimum absolute atomic E-state index is 0.0142. The second kappa shape index (κ2) is 6.91. The predicted octanol–water partition coefficient (Wildman–Crippen LogP) is 2.69. The largest absolute Gasteiger partial charge is 0.350 e. The highest BCUT2D eigenvalue weighted by Crippen LogP contribution is 2.23. The van der Waals surface area contributed by atoms with E-state index >= 15 is 0 Å². The van der Waals surface area contributed by atoms with E-state index in [1.54, 1.807) is 28.4 Å². The molecule has 2 amide bonds. The fourth-order valence-corrected chi connectivity index (χ4v) is 3.39. The van der Waals surface area contributed by atoms with E-state index < -0.39 is 6.04 Å². The van der Waals surface area contributed by atoms with Crippen molar-refractivity contribution in [3.05, 3.63) is 58.0 Å². The van der Waals surface area contributed by atoms with Crippen LogP contribution in [-0.4, -0.2) is 22.8 Å². The Labute approximate surface area is 137 Å². The molecule has 0 spiro atoms. The molecule has 3 rings (SSSR count). The average Bonchev–Trinajstić information content (AvgIpc) is 3.18. The minimum Gasteiger partial charge on any atom is -0.350 e. The second-order valence-electron chi connectivity index (χ2n) is 5.50. The third-order valence-electron chi connectivity index (χ3n) is 3.92. The molecule has 1 aromatic carbocycles. The van der Waals surface area contributed by atoms with Crippen molar-refractivity contribution in [1.29, 1.82) is 0 Å². The van der Waals surface area contributed by atoms with E-state index in [1.807, 2.05) is 17.5 Å². The molecule has 1 fully saturated rings. The Morgan fingerprint density at radius 3 is 2.78 bits per heavy atom. The fraction of sp³-hybridized carbons (Fsp3) is 0.294. The van der Waals surface area contributed by atoms with E-state index in [9.17, 15) is 14.0 Å². The van der Waals surface area contributed by atoms with E-state index in [1.165, 1.54) is 12.1 Å². The number of benzene rings is 1. The zero-order valence-corrected chi connectivity index (χ0v) is 13.3. The van der Waals surface area contributed by atoms with Crippen LogP contribution in [0.15, 0.2) is 41.8 Å². The number of likely N-dealkylation sites (tertiary alicyclic amines) is 1. The third kappa shape index (κ3) is 3.76. The number of nitrogens with zero attached hydrogens (tertiary/aromatic N) is 1. The number of carbonyl (C=O) groups is 2. The van der Waals surface area contributed by atoms with Gasteiger partial charge in [0.05, 0.1) is 6.54 Å². The first-order valence-electron chi connectivity index (χ1n) is 7.47. The van der Waals surface area contributed by atoms with Gasteiger partial charge in [-0.05, 0) is 35.6 Å². The lowest BCUT2D eigenvalue weighted by molar-refractivity contribution is -0.135. The van der Waals surface area contributed by atoms with Gasteiger partial charge in [-0.2, -0.15) is 0 Å². The van der Waals surface area contributed by atoms with E-state index in [2.05, 4.69) is 5.32 Å². The van der Waals surface area contributed by atoms with Crippen LogP contribution in [0, 0.1) is 5.82 Å². The summed E-state index contributed by atoms with van der Waals surface area (Å²) in [4.78, 5) is 27.1. The first-order valence-corrected chi connectivity index (χ1v) is 8.35. The zero-order valence-electron chi connectivity index (χ0n) is 12.5. The Balaban J connectivity index is 1.61. The maximum absolute atomic E-state index is 12.9. The van der Waals surface area contributed by atoms with Gasteiger partial charge in [0.25, 0.3) is 0 Å². The lowest BCUT2D eigenvalue weighted by Gasteiger charge is -2.23. The highest BCUT2D eigenvalue weighted by Gasteiger charge is 2.35. The van der Waals surface area contributed by atoms with Gasteiger partial charge in [-0.3, -0.25) is 9.59 Å². The molecular weight excluding hydrogens is 315 g/mol. The first-order chi connectivity index (χ1) is 11.1. The Morgan fingerprint density at radius 1 is 1.30 bits per heavy atom. The van der Waals surface area contributed by atoms with Crippen molar-refractivity contribution < 1.29 is 14.0 Å². The molecule has 4 nitrogen and oxygen atoms in total. The van der Waals surface area contributed by atoms with Gasteiger partial charge in [0.1, 0.15) is 11.9 Å². The number of hydrogen-bond acceptors (Lipinski definition) is 3. The molecule has 0 saturated carbocycles. The van der Waals surface area contributed by atoms with E-state index in [0.29, 0.717) is 25.9 Å². The Morgan fingerprint density at radius 2 is 2.09 bits per heavy atom. The minimum atomic E-state index is -0.426. The molecule has 2 aromatic rings. The van der Waals surface area contributed by atoms with Crippen molar-refractivity contribution in [3.63, 3.8) is 0 Å². The van der Waals surface area contributed by atoms with Crippen molar-refractivity contribution in [2.75, 3.05) is 0 Å². The highest BCUT2D eigenvalue weighted by molar-refractivity contribution is 7.09. The fourth-order valence-electron chi connectivity index (χ4n) is 2.68. The highest BCUT2D eigenvalue weighted by atomic mass is 32.1. The van der Waals surface area contributed by atoms with Crippen LogP contribution in [0.3, 0.4) is 0 Å². The van der Waals surface area contributed by atoms with Crippen LogP contribution in [0.25, 0.3) is 0 Å². The molecule has 1 aliphatic rings. The normalized spacial score (nSPS) is 17.5. The van der Waals surface area contributed by atoms with Gasteiger partial charge < -0.3 is 10.2 Å². The molecule has 6 heteroatoms. The van der Waals surface area contributed by atoms with Crippen LogP contribution in [0.4, 0.5) is 4.39 Å². The number of thiophene rings is 1. The van der Waals surface area contributed by atoms with Crippen molar-refractivity contribution in [1.82, 2.24) is 10.2 Å². The summed E-state index contributed by atoms with van der Waals surface area (Å²) >= 11 is 1.58. The second-order valence-corrected chi connectivity index (χ2v) is 6.53. The molecule has 1 saturated heterocycles. The summed E-state index contributed by atoms with van der Waals surface area (Å²) in [5.74, 6) is -0.444. The molecule has 23 heavy (non-hydrogen) atoms. The lowest BCUT2D eigenvalue weighted by atomic mass is 10.2. The van der Waals surface area contributed by atoms with Crippen LogP contribution < -0.4 is 5.32 Å². The summed E-state index contributed by atoms with van der Waals surface area (Å²) in [6.45, 7) is 0.807. The molecule has 2 heterocycles. The van der Waals surface area contributed by atoms with Gasteiger partial charge in [0.2, 0.25) is 11.8 Å². The van der Waals surface area contributed by atoms with Gasteiger partial charge in [0.15, 0.2) is 0 Å². The van der Waals surface area contributed by atoms with Gasteiger partial charge in [-0.25, -0.2) is 4.39 Å². The molecule has 1 aliphatic heterocycles. The SMILES string of the molecule is O=C(NCc1ccc(F)cc1)C1CCC(=O)N1Cc1cccs1. The van der Waals surface area contributed by atoms with Crippen molar-refractivity contribution in [2.45, 2.75) is 32.0 Å². The predicted molar refractivity (Wildman–Crippen MR) is 86.1 cm³/mol. The molecule has 1 unspecified atom stereocenters. The van der Waals surface area contributed by atoms with Crippen LogP contribution in [0.5, 0.6) is 0 Å². The number of hydrogen-bond donors (Lipinski definition) is 1. The van der Waals surface area contributed by atoms with Crippen molar-refractivity contribution >= 4 is 23.2 Å². The Hall–Kier alpha value is -2.21. The maximum atomic E-state index is 12.9. The number of amides is 2. The van der Waals surface area contributed by atoms with Crippen LogP contribution in [0.2, 0.25) is 0 Å². The zero-order chi connectivity index (χ0) is 16.2. The van der Waals surface area contributed by atoms with Gasteiger partial charge >= 0.3 is 0 Å². The van der Waals surface area contributed by atoms with E-state index in [4.69, 9.17) is 0 Å². The molecule has 1 N–H and O–H groups in total. The topological polar surface area (TPSA) is 49.4 Å². The molecule has 1 aromatic heterocycles. The van der Waals surface area contributed by atoms with Gasteiger partial charge in [-0.15, -0.1) is 11.3 Å². The molecule has 0 bridgehead atoms. The summed E-state index contributed by atoms with van der Waals surface area (Å²) in [5.41, 5.74) is 0.828. The number of rotatable bonds is 5. The number of halogens is 1. The first kappa shape index (κ1) is 15.7. The summed E-state index contributed by atoms with van der Waals surface area (Å²) in [5, 5.41) is 4.80.